The molecule has 0 radical (unpaired) electrons. The van der Waals surface area contributed by atoms with Gasteiger partial charge in [-0.3, -0.25) is 4.79 Å². The number of imidazole rings is 1. The van der Waals surface area contributed by atoms with Crippen molar-refractivity contribution < 1.29 is 32.2 Å². The molecule has 3 aromatic rings. The van der Waals surface area contributed by atoms with Crippen molar-refractivity contribution in [2.24, 2.45) is 0 Å². The van der Waals surface area contributed by atoms with E-state index >= 15 is 0 Å². The maximum absolute atomic E-state index is 13.2. The number of carbonyl (C=O) groups excluding carboxylic acids is 1. The SMILES string of the molecule is COc1cc(NC(=O)CSc2ncc(-c3ccccc3)n2CC(F)(F)F)cc(OC)c1OC. The largest absolute Gasteiger partial charge is 0.493 e. The molecule has 0 unspecified atom stereocenters. The Labute approximate surface area is 192 Å². The predicted molar refractivity (Wildman–Crippen MR) is 119 cm³/mol. The van der Waals surface area contributed by atoms with Gasteiger partial charge in [0, 0.05) is 17.8 Å². The molecule has 1 amide bonds. The maximum Gasteiger partial charge on any atom is 0.406 e. The number of nitrogens with one attached hydrogen (secondary N) is 1. The predicted octanol–water partition coefficient (Wildman–Crippen LogP) is 4.87. The normalized spacial score (nSPS) is 11.2. The molecule has 0 aliphatic heterocycles. The van der Waals surface area contributed by atoms with Gasteiger partial charge in [-0.1, -0.05) is 42.1 Å². The summed E-state index contributed by atoms with van der Waals surface area (Å²) >= 11 is 0.911. The zero-order chi connectivity index (χ0) is 24.0. The van der Waals surface area contributed by atoms with Crippen molar-refractivity contribution in [1.29, 1.82) is 0 Å². The van der Waals surface area contributed by atoms with Crippen LogP contribution < -0.4 is 19.5 Å². The quantitative estimate of drug-likeness (QED) is 0.440. The smallest absolute Gasteiger partial charge is 0.406 e. The van der Waals surface area contributed by atoms with E-state index in [4.69, 9.17) is 14.2 Å². The van der Waals surface area contributed by atoms with Crippen molar-refractivity contribution in [3.8, 4) is 28.5 Å². The van der Waals surface area contributed by atoms with Crippen molar-refractivity contribution in [3.05, 3.63) is 48.7 Å². The molecule has 11 heteroatoms. The number of methoxy groups -OCH3 is 3. The lowest BCUT2D eigenvalue weighted by Gasteiger charge is -2.15. The molecule has 0 aliphatic carbocycles. The van der Waals surface area contributed by atoms with Crippen molar-refractivity contribution in [1.82, 2.24) is 9.55 Å². The Hall–Kier alpha value is -3.34. The molecule has 0 bridgehead atoms. The monoisotopic (exact) mass is 481 g/mol. The number of hydrogen-bond acceptors (Lipinski definition) is 6. The van der Waals surface area contributed by atoms with Crippen LogP contribution in [0.25, 0.3) is 11.3 Å². The summed E-state index contributed by atoms with van der Waals surface area (Å²) in [4.78, 5) is 16.6. The highest BCUT2D eigenvalue weighted by Crippen LogP contribution is 2.40. The summed E-state index contributed by atoms with van der Waals surface area (Å²) in [5.74, 6) is 0.493. The first kappa shape index (κ1) is 24.3. The minimum absolute atomic E-state index is 0.0891. The summed E-state index contributed by atoms with van der Waals surface area (Å²) in [5, 5.41) is 2.77. The number of ether oxygens (including phenoxy) is 3. The standard InChI is InChI=1S/C22H22F3N3O4S/c1-30-17-9-15(10-18(31-2)20(17)32-3)27-19(29)12-33-21-26-11-16(14-7-5-4-6-8-14)28(21)13-22(23,24)25/h4-11H,12-13H2,1-3H3,(H,27,29). The Morgan fingerprint density at radius 3 is 2.24 bits per heavy atom. The lowest BCUT2D eigenvalue weighted by atomic mass is 10.2. The van der Waals surface area contributed by atoms with Gasteiger partial charge in [-0.25, -0.2) is 4.98 Å². The minimum Gasteiger partial charge on any atom is -0.493 e. The first-order valence-electron chi connectivity index (χ1n) is 9.66. The van der Waals surface area contributed by atoms with Crippen LogP contribution >= 0.6 is 11.8 Å². The van der Waals surface area contributed by atoms with Crippen LogP contribution in [0.5, 0.6) is 17.2 Å². The molecule has 0 saturated heterocycles. The Bertz CT molecular complexity index is 1080. The average molecular weight is 481 g/mol. The highest BCUT2D eigenvalue weighted by molar-refractivity contribution is 7.99. The van der Waals surface area contributed by atoms with E-state index in [2.05, 4.69) is 10.3 Å². The summed E-state index contributed by atoms with van der Waals surface area (Å²) in [6, 6.07) is 11.8. The Morgan fingerprint density at radius 2 is 1.70 bits per heavy atom. The van der Waals surface area contributed by atoms with Gasteiger partial charge < -0.3 is 24.1 Å². The lowest BCUT2D eigenvalue weighted by molar-refractivity contribution is -0.141. The van der Waals surface area contributed by atoms with Crippen LogP contribution in [-0.4, -0.2) is 48.7 Å². The number of benzene rings is 2. The zero-order valence-corrected chi connectivity index (χ0v) is 18.9. The molecule has 1 N–H and O–H groups in total. The van der Waals surface area contributed by atoms with Gasteiger partial charge in [0.05, 0.1) is 39.0 Å². The molecule has 0 atom stereocenters. The molecule has 0 spiro atoms. The van der Waals surface area contributed by atoms with Crippen LogP contribution in [0.1, 0.15) is 0 Å². The van der Waals surface area contributed by atoms with E-state index in [0.29, 0.717) is 34.2 Å². The average Bonchev–Trinajstić information content (AvgIpc) is 3.18. The van der Waals surface area contributed by atoms with Crippen LogP contribution in [0.2, 0.25) is 0 Å². The first-order valence-corrected chi connectivity index (χ1v) is 10.6. The Morgan fingerprint density at radius 1 is 1.06 bits per heavy atom. The number of nitrogens with zero attached hydrogens (tertiary/aromatic N) is 2. The van der Waals surface area contributed by atoms with Crippen molar-refractivity contribution in [2.75, 3.05) is 32.4 Å². The summed E-state index contributed by atoms with van der Waals surface area (Å²) in [5.41, 5.74) is 1.31. The number of anilines is 1. The van der Waals surface area contributed by atoms with Crippen molar-refractivity contribution in [3.63, 3.8) is 0 Å². The topological polar surface area (TPSA) is 74.6 Å². The van der Waals surface area contributed by atoms with E-state index in [0.717, 1.165) is 16.3 Å². The number of hydrogen-bond donors (Lipinski definition) is 1. The van der Waals surface area contributed by atoms with Crippen molar-refractivity contribution in [2.45, 2.75) is 17.9 Å². The summed E-state index contributed by atoms with van der Waals surface area (Å²) < 4.78 is 56.5. The highest BCUT2D eigenvalue weighted by atomic mass is 32.2. The summed E-state index contributed by atoms with van der Waals surface area (Å²) in [7, 11) is 4.36. The molecular formula is C22H22F3N3O4S. The molecule has 0 fully saturated rings. The van der Waals surface area contributed by atoms with Crippen molar-refractivity contribution >= 4 is 23.4 Å². The third-order valence-electron chi connectivity index (χ3n) is 4.51. The number of halogens is 3. The molecule has 1 heterocycles. The number of alkyl halides is 3. The third-order valence-corrected chi connectivity index (χ3v) is 5.50. The lowest BCUT2D eigenvalue weighted by Crippen LogP contribution is -2.20. The van der Waals surface area contributed by atoms with E-state index < -0.39 is 18.6 Å². The molecule has 3 rings (SSSR count). The molecule has 0 aliphatic rings. The molecule has 0 saturated carbocycles. The zero-order valence-electron chi connectivity index (χ0n) is 18.1. The van der Waals surface area contributed by atoms with E-state index in [1.54, 1.807) is 42.5 Å². The van der Waals surface area contributed by atoms with Crippen LogP contribution in [0.15, 0.2) is 53.8 Å². The van der Waals surface area contributed by atoms with E-state index in [9.17, 15) is 18.0 Å². The maximum atomic E-state index is 13.2. The van der Waals surface area contributed by atoms with Gasteiger partial charge in [0.25, 0.3) is 0 Å². The van der Waals surface area contributed by atoms with E-state index in [1.165, 1.54) is 27.5 Å². The van der Waals surface area contributed by atoms with E-state index in [1.807, 2.05) is 0 Å². The fourth-order valence-electron chi connectivity index (χ4n) is 3.13. The molecule has 33 heavy (non-hydrogen) atoms. The summed E-state index contributed by atoms with van der Waals surface area (Å²) in [6.45, 7) is -1.21. The third kappa shape index (κ3) is 6.13. The molecule has 2 aromatic carbocycles. The Kier molecular flexibility index (Phi) is 7.75. The number of aromatic nitrogens is 2. The summed E-state index contributed by atoms with van der Waals surface area (Å²) in [6.07, 6.45) is -3.07. The fraction of sp³-hybridized carbons (Fsp3) is 0.273. The van der Waals surface area contributed by atoms with Crippen LogP contribution in [0.4, 0.5) is 18.9 Å². The van der Waals surface area contributed by atoms with Gasteiger partial charge in [0.15, 0.2) is 16.7 Å². The second-order valence-corrected chi connectivity index (χ2v) is 7.69. The number of rotatable bonds is 9. The van der Waals surface area contributed by atoms with Gasteiger partial charge in [0.1, 0.15) is 6.54 Å². The second kappa shape index (κ2) is 10.5. The molecule has 1 aromatic heterocycles. The van der Waals surface area contributed by atoms with E-state index in [-0.39, 0.29) is 10.9 Å². The molecule has 176 valence electrons. The minimum atomic E-state index is -4.45. The van der Waals surface area contributed by atoms with Gasteiger partial charge in [-0.2, -0.15) is 13.2 Å². The Balaban J connectivity index is 1.77. The van der Waals surface area contributed by atoms with Gasteiger partial charge >= 0.3 is 6.18 Å². The number of carbonyl (C=O) groups is 1. The van der Waals surface area contributed by atoms with Gasteiger partial charge in [0.2, 0.25) is 11.7 Å². The molecule has 7 nitrogen and oxygen atoms in total. The highest BCUT2D eigenvalue weighted by Gasteiger charge is 2.31. The second-order valence-electron chi connectivity index (χ2n) is 6.74. The first-order chi connectivity index (χ1) is 15.8. The van der Waals surface area contributed by atoms with Gasteiger partial charge in [-0.15, -0.1) is 0 Å². The number of thioether (sulfide) groups is 1. The number of amides is 1. The van der Waals surface area contributed by atoms with Crippen LogP contribution in [0, 0.1) is 0 Å². The fourth-order valence-corrected chi connectivity index (χ4v) is 3.90. The van der Waals surface area contributed by atoms with Crippen LogP contribution in [-0.2, 0) is 11.3 Å². The van der Waals surface area contributed by atoms with Gasteiger partial charge in [-0.05, 0) is 5.56 Å². The van der Waals surface area contributed by atoms with Crippen LogP contribution in [0.3, 0.4) is 0 Å². The molecular weight excluding hydrogens is 459 g/mol.